The fourth-order valence-electron chi connectivity index (χ4n) is 2.39. The van der Waals surface area contributed by atoms with Crippen LogP contribution in [-0.4, -0.2) is 19.5 Å². The molecule has 0 aromatic heterocycles. The third-order valence-corrected chi connectivity index (χ3v) is 3.30. The number of fused-ring (bicyclic) bond motifs is 1. The molecule has 4 heteroatoms. The second-order valence-corrected chi connectivity index (χ2v) is 6.15. The normalized spacial score (nSPS) is 18.0. The fraction of sp³-hybridized carbons (Fsp3) is 0.533. The van der Waals surface area contributed by atoms with Gasteiger partial charge in [0.05, 0.1) is 6.04 Å². The van der Waals surface area contributed by atoms with Crippen LogP contribution in [0, 0.1) is 6.92 Å². The van der Waals surface area contributed by atoms with Gasteiger partial charge in [0.2, 0.25) is 0 Å². The Morgan fingerprint density at radius 3 is 2.74 bits per heavy atom. The van der Waals surface area contributed by atoms with E-state index in [0.717, 1.165) is 29.4 Å². The van der Waals surface area contributed by atoms with E-state index in [9.17, 15) is 4.79 Å². The Balaban J connectivity index is 2.11. The van der Waals surface area contributed by atoms with Crippen LogP contribution in [0.4, 0.5) is 4.79 Å². The van der Waals surface area contributed by atoms with E-state index in [4.69, 9.17) is 12.6 Å². The maximum Gasteiger partial charge on any atom is 0.408 e. The van der Waals surface area contributed by atoms with Gasteiger partial charge in [-0.3, -0.25) is 0 Å². The van der Waals surface area contributed by atoms with Crippen LogP contribution in [0.2, 0.25) is 0 Å². The Hall–Kier alpha value is -1.45. The quantitative estimate of drug-likeness (QED) is 0.784. The molecule has 0 saturated carbocycles. The molecule has 0 bridgehead atoms. The van der Waals surface area contributed by atoms with E-state index in [1.54, 1.807) is 0 Å². The predicted molar refractivity (Wildman–Crippen MR) is 77.0 cm³/mol. The first-order valence-corrected chi connectivity index (χ1v) is 6.64. The lowest BCUT2D eigenvalue weighted by molar-refractivity contribution is 0.0503. The van der Waals surface area contributed by atoms with Crippen molar-refractivity contribution in [3.8, 4) is 0 Å². The van der Waals surface area contributed by atoms with Gasteiger partial charge in [0.25, 0.3) is 0 Å². The van der Waals surface area contributed by atoms with Gasteiger partial charge in [0.1, 0.15) is 13.4 Å². The van der Waals surface area contributed by atoms with E-state index >= 15 is 0 Å². The zero-order chi connectivity index (χ0) is 14.2. The van der Waals surface area contributed by atoms with Gasteiger partial charge in [-0.15, -0.1) is 0 Å². The molecule has 2 rings (SSSR count). The predicted octanol–water partition coefficient (Wildman–Crippen LogP) is 2.30. The van der Waals surface area contributed by atoms with Gasteiger partial charge >= 0.3 is 6.09 Å². The van der Waals surface area contributed by atoms with E-state index in [-0.39, 0.29) is 12.1 Å². The molecule has 1 atom stereocenters. The van der Waals surface area contributed by atoms with Crippen molar-refractivity contribution in [2.45, 2.75) is 52.2 Å². The SMILES string of the molecule is [B]c1cc2c(cc1C)C(NC(=O)OC(C)(C)C)CC2. The highest BCUT2D eigenvalue weighted by Gasteiger charge is 2.26. The summed E-state index contributed by atoms with van der Waals surface area (Å²) < 4.78 is 5.29. The van der Waals surface area contributed by atoms with Gasteiger partial charge in [0.15, 0.2) is 0 Å². The molecule has 1 amide bonds. The minimum absolute atomic E-state index is 0.0316. The molecule has 100 valence electrons. The highest BCUT2D eigenvalue weighted by atomic mass is 16.6. The van der Waals surface area contributed by atoms with Gasteiger partial charge in [-0.25, -0.2) is 4.79 Å². The molecule has 19 heavy (non-hydrogen) atoms. The summed E-state index contributed by atoms with van der Waals surface area (Å²) in [7, 11) is 5.91. The molecule has 1 aromatic carbocycles. The second kappa shape index (κ2) is 4.91. The topological polar surface area (TPSA) is 38.3 Å². The van der Waals surface area contributed by atoms with Crippen LogP contribution in [0.15, 0.2) is 12.1 Å². The summed E-state index contributed by atoms with van der Waals surface area (Å²) in [6.45, 7) is 7.57. The van der Waals surface area contributed by atoms with Crippen molar-refractivity contribution in [1.29, 1.82) is 0 Å². The minimum Gasteiger partial charge on any atom is -0.444 e. The van der Waals surface area contributed by atoms with Crippen molar-refractivity contribution < 1.29 is 9.53 Å². The minimum atomic E-state index is -0.470. The third-order valence-electron chi connectivity index (χ3n) is 3.30. The monoisotopic (exact) mass is 257 g/mol. The lowest BCUT2D eigenvalue weighted by Gasteiger charge is -2.22. The first-order valence-electron chi connectivity index (χ1n) is 6.64. The molecule has 1 N–H and O–H groups in total. The van der Waals surface area contributed by atoms with E-state index in [2.05, 4.69) is 11.4 Å². The number of rotatable bonds is 1. The van der Waals surface area contributed by atoms with Crippen LogP contribution in [-0.2, 0) is 11.2 Å². The molecule has 0 aliphatic heterocycles. The average Bonchev–Trinajstić information content (AvgIpc) is 2.59. The van der Waals surface area contributed by atoms with Gasteiger partial charge in [-0.05, 0) is 51.7 Å². The van der Waals surface area contributed by atoms with Crippen LogP contribution < -0.4 is 10.8 Å². The zero-order valence-electron chi connectivity index (χ0n) is 12.0. The molecule has 0 saturated heterocycles. The molecule has 0 fully saturated rings. The van der Waals surface area contributed by atoms with Crippen LogP contribution >= 0.6 is 0 Å². The van der Waals surface area contributed by atoms with Crippen molar-refractivity contribution in [1.82, 2.24) is 5.32 Å². The molecule has 0 heterocycles. The standard InChI is InChI=1S/C15H20BNO2/c1-9-7-11-10(8-12(9)16)5-6-13(11)17-14(18)19-15(2,3)4/h7-8,13H,5-6H2,1-4H3,(H,17,18). The number of aryl methyl sites for hydroxylation is 2. The largest absolute Gasteiger partial charge is 0.444 e. The number of nitrogens with one attached hydrogen (secondary N) is 1. The van der Waals surface area contributed by atoms with Crippen molar-refractivity contribution in [2.75, 3.05) is 0 Å². The molecule has 1 unspecified atom stereocenters. The number of hydrogen-bond acceptors (Lipinski definition) is 2. The number of amides is 1. The summed E-state index contributed by atoms with van der Waals surface area (Å²) in [5.41, 5.74) is 3.79. The summed E-state index contributed by atoms with van der Waals surface area (Å²) in [5.74, 6) is 0. The number of hydrogen-bond donors (Lipinski definition) is 1. The van der Waals surface area contributed by atoms with Crippen LogP contribution in [0.25, 0.3) is 0 Å². The molecule has 3 nitrogen and oxygen atoms in total. The molecule has 1 aliphatic rings. The number of carbonyl (C=O) groups is 1. The van der Waals surface area contributed by atoms with Crippen molar-refractivity contribution >= 4 is 19.4 Å². The van der Waals surface area contributed by atoms with Gasteiger partial charge in [-0.2, -0.15) is 0 Å². The van der Waals surface area contributed by atoms with E-state index in [1.807, 2.05) is 33.8 Å². The Morgan fingerprint density at radius 2 is 2.11 bits per heavy atom. The number of carbonyl (C=O) groups excluding carboxylic acids is 1. The Bertz CT molecular complexity index is 506. The maximum atomic E-state index is 11.8. The van der Waals surface area contributed by atoms with E-state index in [0.29, 0.717) is 0 Å². The highest BCUT2D eigenvalue weighted by Crippen LogP contribution is 2.31. The molecule has 2 radical (unpaired) electrons. The lowest BCUT2D eigenvalue weighted by Crippen LogP contribution is -2.34. The summed E-state index contributed by atoms with van der Waals surface area (Å²) in [6.07, 6.45) is 1.48. The highest BCUT2D eigenvalue weighted by molar-refractivity contribution is 6.33. The maximum absolute atomic E-state index is 11.8. The van der Waals surface area contributed by atoms with Crippen molar-refractivity contribution in [3.63, 3.8) is 0 Å². The zero-order valence-corrected chi connectivity index (χ0v) is 12.0. The number of ether oxygens (including phenoxy) is 1. The molecule has 1 aromatic rings. The average molecular weight is 257 g/mol. The molecular formula is C15H20BNO2. The Labute approximate surface area is 116 Å². The smallest absolute Gasteiger partial charge is 0.408 e. The fourth-order valence-corrected chi connectivity index (χ4v) is 2.39. The Morgan fingerprint density at radius 1 is 1.42 bits per heavy atom. The van der Waals surface area contributed by atoms with Crippen LogP contribution in [0.1, 0.15) is 49.9 Å². The van der Waals surface area contributed by atoms with Crippen LogP contribution in [0.3, 0.4) is 0 Å². The summed E-state index contributed by atoms with van der Waals surface area (Å²) in [4.78, 5) is 11.8. The van der Waals surface area contributed by atoms with Crippen LogP contribution in [0.5, 0.6) is 0 Å². The van der Waals surface area contributed by atoms with E-state index in [1.165, 1.54) is 5.56 Å². The lowest BCUT2D eigenvalue weighted by atomic mass is 9.88. The van der Waals surface area contributed by atoms with Crippen molar-refractivity contribution in [3.05, 3.63) is 28.8 Å². The molecule has 0 spiro atoms. The molecule has 1 aliphatic carbocycles. The second-order valence-electron chi connectivity index (χ2n) is 6.15. The van der Waals surface area contributed by atoms with Gasteiger partial charge in [-0.1, -0.05) is 23.2 Å². The third kappa shape index (κ3) is 3.31. The summed E-state index contributed by atoms with van der Waals surface area (Å²) >= 11 is 0. The number of benzene rings is 1. The first kappa shape index (κ1) is 14.0. The van der Waals surface area contributed by atoms with Gasteiger partial charge < -0.3 is 10.1 Å². The van der Waals surface area contributed by atoms with Crippen molar-refractivity contribution in [2.24, 2.45) is 0 Å². The van der Waals surface area contributed by atoms with Gasteiger partial charge in [0, 0.05) is 0 Å². The number of alkyl carbamates (subject to hydrolysis) is 1. The summed E-state index contributed by atoms with van der Waals surface area (Å²) in [6, 6.07) is 4.12. The van der Waals surface area contributed by atoms with E-state index < -0.39 is 5.60 Å². The Kier molecular flexibility index (Phi) is 3.61. The first-order chi connectivity index (χ1) is 8.76. The molecular weight excluding hydrogens is 237 g/mol. The summed E-state index contributed by atoms with van der Waals surface area (Å²) in [5, 5.41) is 2.94.